The van der Waals surface area contributed by atoms with Crippen molar-refractivity contribution in [2.45, 2.75) is 65.5 Å². The van der Waals surface area contributed by atoms with E-state index in [0.29, 0.717) is 5.92 Å². The number of amides is 1. The molecule has 0 aliphatic carbocycles. The fraction of sp³-hybridized carbons (Fsp3) is 0.650. The lowest BCUT2D eigenvalue weighted by Gasteiger charge is -2.33. The molecule has 2 rings (SSSR count). The molecule has 0 aromatic heterocycles. The number of carbonyl (C=O) groups excluding carboxylic acids is 1. The van der Waals surface area contributed by atoms with E-state index >= 15 is 0 Å². The normalized spacial score (nSPS) is 17.5. The standard InChI is InChI=1S/C20H32N2O/c1-15(2)17-8-6-16(7-9-17)14-22-12-10-18(11-13-22)19(23)21-20(3,4)5/h6-9,15,18H,10-14H2,1-5H3,(H,21,23). The van der Waals surface area contributed by atoms with E-state index in [1.807, 2.05) is 20.8 Å². The van der Waals surface area contributed by atoms with E-state index in [4.69, 9.17) is 0 Å². The van der Waals surface area contributed by atoms with Crippen LogP contribution in [0.3, 0.4) is 0 Å². The lowest BCUT2D eigenvalue weighted by molar-refractivity contribution is -0.127. The van der Waals surface area contributed by atoms with E-state index in [0.717, 1.165) is 32.5 Å². The molecule has 0 atom stereocenters. The highest BCUT2D eigenvalue weighted by molar-refractivity contribution is 5.79. The van der Waals surface area contributed by atoms with Crippen molar-refractivity contribution in [1.29, 1.82) is 0 Å². The summed E-state index contributed by atoms with van der Waals surface area (Å²) in [5.74, 6) is 0.980. The van der Waals surface area contributed by atoms with Gasteiger partial charge in [0.2, 0.25) is 5.91 Å². The quantitative estimate of drug-likeness (QED) is 0.912. The molecule has 1 amide bonds. The number of nitrogens with one attached hydrogen (secondary N) is 1. The number of rotatable bonds is 4. The van der Waals surface area contributed by atoms with E-state index in [2.05, 4.69) is 48.3 Å². The summed E-state index contributed by atoms with van der Waals surface area (Å²) in [4.78, 5) is 14.7. The third kappa shape index (κ3) is 5.65. The van der Waals surface area contributed by atoms with Gasteiger partial charge in [0, 0.05) is 18.0 Å². The zero-order chi connectivity index (χ0) is 17.0. The van der Waals surface area contributed by atoms with Gasteiger partial charge in [-0.25, -0.2) is 0 Å². The van der Waals surface area contributed by atoms with Crippen LogP contribution in [0.2, 0.25) is 0 Å². The molecule has 1 aromatic rings. The molecule has 0 radical (unpaired) electrons. The maximum Gasteiger partial charge on any atom is 0.223 e. The van der Waals surface area contributed by atoms with Gasteiger partial charge in [0.05, 0.1) is 0 Å². The van der Waals surface area contributed by atoms with Crippen LogP contribution in [0.4, 0.5) is 0 Å². The van der Waals surface area contributed by atoms with Crippen molar-refractivity contribution in [2.24, 2.45) is 5.92 Å². The zero-order valence-electron chi connectivity index (χ0n) is 15.4. The van der Waals surface area contributed by atoms with Crippen LogP contribution in [0.1, 0.15) is 64.5 Å². The number of hydrogen-bond donors (Lipinski definition) is 1. The van der Waals surface area contributed by atoms with E-state index in [9.17, 15) is 4.79 Å². The lowest BCUT2D eigenvalue weighted by atomic mass is 9.94. The number of benzene rings is 1. The highest BCUT2D eigenvalue weighted by Gasteiger charge is 2.27. The Morgan fingerprint density at radius 1 is 1.17 bits per heavy atom. The summed E-state index contributed by atoms with van der Waals surface area (Å²) in [6.07, 6.45) is 1.93. The first-order valence-corrected chi connectivity index (χ1v) is 8.88. The first-order valence-electron chi connectivity index (χ1n) is 8.88. The molecule has 1 aliphatic rings. The highest BCUT2D eigenvalue weighted by Crippen LogP contribution is 2.21. The van der Waals surface area contributed by atoms with Crippen molar-refractivity contribution >= 4 is 5.91 Å². The Labute approximate surface area is 141 Å². The molecule has 1 aromatic carbocycles. The Morgan fingerprint density at radius 2 is 1.74 bits per heavy atom. The van der Waals surface area contributed by atoms with Crippen molar-refractivity contribution in [2.75, 3.05) is 13.1 Å². The van der Waals surface area contributed by atoms with Crippen molar-refractivity contribution in [1.82, 2.24) is 10.2 Å². The van der Waals surface area contributed by atoms with Gasteiger partial charge < -0.3 is 5.32 Å². The Hall–Kier alpha value is -1.35. The molecule has 23 heavy (non-hydrogen) atoms. The molecule has 0 saturated carbocycles. The molecule has 0 bridgehead atoms. The highest BCUT2D eigenvalue weighted by atomic mass is 16.2. The Bertz CT molecular complexity index is 505. The van der Waals surface area contributed by atoms with E-state index < -0.39 is 0 Å². The van der Waals surface area contributed by atoms with Crippen molar-refractivity contribution in [3.05, 3.63) is 35.4 Å². The number of hydrogen-bond acceptors (Lipinski definition) is 2. The van der Waals surface area contributed by atoms with Gasteiger partial charge in [-0.15, -0.1) is 0 Å². The molecular weight excluding hydrogens is 284 g/mol. The Morgan fingerprint density at radius 3 is 2.22 bits per heavy atom. The van der Waals surface area contributed by atoms with E-state index in [-0.39, 0.29) is 17.4 Å². The first-order chi connectivity index (χ1) is 10.7. The summed E-state index contributed by atoms with van der Waals surface area (Å²) < 4.78 is 0. The molecule has 1 aliphatic heterocycles. The molecule has 0 unspecified atom stereocenters. The predicted octanol–water partition coefficient (Wildman–Crippen LogP) is 3.94. The largest absolute Gasteiger partial charge is 0.351 e. The number of carbonyl (C=O) groups is 1. The molecule has 3 heteroatoms. The fourth-order valence-electron chi connectivity index (χ4n) is 3.09. The maximum absolute atomic E-state index is 12.3. The molecule has 1 fully saturated rings. The van der Waals surface area contributed by atoms with Gasteiger partial charge >= 0.3 is 0 Å². The Kier molecular flexibility index (Phi) is 5.85. The number of piperidine rings is 1. The second-order valence-electron chi connectivity index (χ2n) is 8.19. The summed E-state index contributed by atoms with van der Waals surface area (Å²) in [7, 11) is 0. The summed E-state index contributed by atoms with van der Waals surface area (Å²) in [6.45, 7) is 13.6. The van der Waals surface area contributed by atoms with Crippen molar-refractivity contribution < 1.29 is 4.79 Å². The monoisotopic (exact) mass is 316 g/mol. The van der Waals surface area contributed by atoms with Gasteiger partial charge in [-0.2, -0.15) is 0 Å². The molecular formula is C20H32N2O. The topological polar surface area (TPSA) is 32.3 Å². The van der Waals surface area contributed by atoms with Crippen molar-refractivity contribution in [3.63, 3.8) is 0 Å². The van der Waals surface area contributed by atoms with Crippen LogP contribution in [0.15, 0.2) is 24.3 Å². The third-order valence-electron chi connectivity index (χ3n) is 4.51. The van der Waals surface area contributed by atoms with E-state index in [1.54, 1.807) is 0 Å². The fourth-order valence-corrected chi connectivity index (χ4v) is 3.09. The molecule has 1 heterocycles. The zero-order valence-corrected chi connectivity index (χ0v) is 15.4. The minimum atomic E-state index is -0.133. The minimum absolute atomic E-state index is 0.133. The van der Waals surface area contributed by atoms with Gasteiger partial charge in [0.1, 0.15) is 0 Å². The molecule has 128 valence electrons. The van der Waals surface area contributed by atoms with Gasteiger partial charge in [-0.3, -0.25) is 9.69 Å². The van der Waals surface area contributed by atoms with E-state index in [1.165, 1.54) is 11.1 Å². The van der Waals surface area contributed by atoms with Crippen LogP contribution in [0.5, 0.6) is 0 Å². The second-order valence-corrected chi connectivity index (χ2v) is 8.19. The second kappa shape index (κ2) is 7.48. The van der Waals surface area contributed by atoms with Crippen LogP contribution < -0.4 is 5.32 Å². The summed E-state index contributed by atoms with van der Waals surface area (Å²) in [6, 6.07) is 8.97. The summed E-state index contributed by atoms with van der Waals surface area (Å²) >= 11 is 0. The predicted molar refractivity (Wildman–Crippen MR) is 96.4 cm³/mol. The average molecular weight is 316 g/mol. The minimum Gasteiger partial charge on any atom is -0.351 e. The molecule has 1 saturated heterocycles. The summed E-state index contributed by atoms with van der Waals surface area (Å²) in [5.41, 5.74) is 2.63. The maximum atomic E-state index is 12.3. The van der Waals surface area contributed by atoms with Gasteiger partial charge in [-0.1, -0.05) is 38.1 Å². The van der Waals surface area contributed by atoms with Gasteiger partial charge in [0.15, 0.2) is 0 Å². The number of nitrogens with zero attached hydrogens (tertiary/aromatic N) is 1. The van der Waals surface area contributed by atoms with Crippen LogP contribution >= 0.6 is 0 Å². The summed E-state index contributed by atoms with van der Waals surface area (Å²) in [5, 5.41) is 3.11. The van der Waals surface area contributed by atoms with Crippen LogP contribution in [0.25, 0.3) is 0 Å². The van der Waals surface area contributed by atoms with Crippen molar-refractivity contribution in [3.8, 4) is 0 Å². The lowest BCUT2D eigenvalue weighted by Crippen LogP contribution is -2.46. The molecule has 1 N–H and O–H groups in total. The Balaban J connectivity index is 1.81. The molecule has 0 spiro atoms. The van der Waals surface area contributed by atoms with Crippen LogP contribution in [-0.4, -0.2) is 29.4 Å². The SMILES string of the molecule is CC(C)c1ccc(CN2CCC(C(=O)NC(C)(C)C)CC2)cc1. The van der Waals surface area contributed by atoms with Crippen LogP contribution in [-0.2, 0) is 11.3 Å². The van der Waals surface area contributed by atoms with Crippen LogP contribution in [0, 0.1) is 5.92 Å². The molecule has 3 nitrogen and oxygen atoms in total. The smallest absolute Gasteiger partial charge is 0.223 e. The third-order valence-corrected chi connectivity index (χ3v) is 4.51. The average Bonchev–Trinajstić information content (AvgIpc) is 2.46. The van der Waals surface area contributed by atoms with Gasteiger partial charge in [0.25, 0.3) is 0 Å². The number of likely N-dealkylation sites (tertiary alicyclic amines) is 1. The van der Waals surface area contributed by atoms with Gasteiger partial charge in [-0.05, 0) is 63.7 Å². The first kappa shape index (κ1) is 18.0.